The minimum atomic E-state index is -0.731. The summed E-state index contributed by atoms with van der Waals surface area (Å²) in [4.78, 5) is 12.0. The number of carbonyl (C=O) groups is 1. The van der Waals surface area contributed by atoms with Crippen LogP contribution >= 0.6 is 0 Å². The zero-order valence-electron chi connectivity index (χ0n) is 23.0. The van der Waals surface area contributed by atoms with Crippen LogP contribution in [0.15, 0.2) is 121 Å². The Morgan fingerprint density at radius 3 is 1.63 bits per heavy atom. The molecule has 0 radical (unpaired) electrons. The maximum atomic E-state index is 12.0. The SMILES string of the molecule is O=CC[C@H]1[C@H](Oc2ccccc2)O[C@H](COCc2ccccc2)[C@@H](OCc2ccccc2)[C@@H]1OCc1ccccc1. The zero-order chi connectivity index (χ0) is 28.1. The van der Waals surface area contributed by atoms with Crippen LogP contribution in [-0.4, -0.2) is 37.5 Å². The van der Waals surface area contributed by atoms with E-state index in [1.54, 1.807) is 0 Å². The van der Waals surface area contributed by atoms with Gasteiger partial charge in [0.1, 0.15) is 24.2 Å². The van der Waals surface area contributed by atoms with Crippen LogP contribution in [0.2, 0.25) is 0 Å². The lowest BCUT2D eigenvalue weighted by atomic mass is 9.88. The Hall–Kier alpha value is -3.81. The molecule has 0 amide bonds. The molecule has 41 heavy (non-hydrogen) atoms. The summed E-state index contributed by atoms with van der Waals surface area (Å²) in [5.74, 6) is 0.255. The first kappa shape index (κ1) is 28.7. The van der Waals surface area contributed by atoms with E-state index in [4.69, 9.17) is 23.7 Å². The first-order valence-corrected chi connectivity index (χ1v) is 14.0. The lowest BCUT2D eigenvalue weighted by molar-refractivity contribution is -0.284. The van der Waals surface area contributed by atoms with E-state index in [1.165, 1.54) is 0 Å². The fourth-order valence-electron chi connectivity index (χ4n) is 5.02. The summed E-state index contributed by atoms with van der Waals surface area (Å²) in [6.45, 7) is 1.43. The molecule has 0 saturated carbocycles. The van der Waals surface area contributed by atoms with Gasteiger partial charge in [-0.3, -0.25) is 0 Å². The first-order valence-electron chi connectivity index (χ1n) is 14.0. The molecule has 1 heterocycles. The Kier molecular flexibility index (Phi) is 10.7. The molecule has 6 nitrogen and oxygen atoms in total. The number of carbonyl (C=O) groups excluding carboxylic acids is 1. The summed E-state index contributed by atoms with van der Waals surface area (Å²) in [5, 5.41) is 0. The second-order valence-electron chi connectivity index (χ2n) is 10.1. The normalized spacial score (nSPS) is 22.2. The summed E-state index contributed by atoms with van der Waals surface area (Å²) >= 11 is 0. The van der Waals surface area contributed by atoms with Gasteiger partial charge in [-0.1, -0.05) is 109 Å². The fourth-order valence-corrected chi connectivity index (χ4v) is 5.02. The predicted molar refractivity (Wildman–Crippen MR) is 156 cm³/mol. The maximum Gasteiger partial charge on any atom is 0.206 e. The van der Waals surface area contributed by atoms with Gasteiger partial charge in [-0.25, -0.2) is 0 Å². The van der Waals surface area contributed by atoms with Gasteiger partial charge in [0.25, 0.3) is 0 Å². The Bertz CT molecular complexity index is 1290. The number of benzene rings is 4. The van der Waals surface area contributed by atoms with E-state index in [1.807, 2.05) is 121 Å². The highest BCUT2D eigenvalue weighted by Crippen LogP contribution is 2.35. The quantitative estimate of drug-likeness (QED) is 0.169. The smallest absolute Gasteiger partial charge is 0.206 e. The molecule has 6 heteroatoms. The summed E-state index contributed by atoms with van der Waals surface area (Å²) in [6, 6.07) is 39.5. The molecule has 0 unspecified atom stereocenters. The van der Waals surface area contributed by atoms with Gasteiger partial charge in [0.2, 0.25) is 6.29 Å². The molecule has 0 aromatic heterocycles. The third kappa shape index (κ3) is 8.35. The molecule has 0 spiro atoms. The summed E-state index contributed by atoms with van der Waals surface area (Å²) in [6.07, 6.45) is -1.13. The van der Waals surface area contributed by atoms with Gasteiger partial charge in [-0.2, -0.15) is 0 Å². The van der Waals surface area contributed by atoms with Crippen molar-refractivity contribution in [3.63, 3.8) is 0 Å². The number of ether oxygens (including phenoxy) is 5. The molecule has 0 bridgehead atoms. The average Bonchev–Trinajstić information content (AvgIpc) is 3.03. The molecule has 0 aliphatic carbocycles. The molecule has 1 aliphatic heterocycles. The van der Waals surface area contributed by atoms with Crippen molar-refractivity contribution in [3.8, 4) is 5.75 Å². The highest BCUT2D eigenvalue weighted by molar-refractivity contribution is 5.50. The van der Waals surface area contributed by atoms with Crippen molar-refractivity contribution in [3.05, 3.63) is 138 Å². The Labute approximate surface area is 241 Å². The van der Waals surface area contributed by atoms with E-state index in [2.05, 4.69) is 0 Å². The van der Waals surface area contributed by atoms with E-state index in [0.29, 0.717) is 25.6 Å². The van der Waals surface area contributed by atoms with Crippen molar-refractivity contribution in [2.45, 2.75) is 50.8 Å². The number of aldehydes is 1. The Balaban J connectivity index is 1.42. The maximum absolute atomic E-state index is 12.0. The van der Waals surface area contributed by atoms with Crippen LogP contribution in [0.5, 0.6) is 5.75 Å². The van der Waals surface area contributed by atoms with Gasteiger partial charge in [0.05, 0.1) is 38.4 Å². The zero-order valence-corrected chi connectivity index (χ0v) is 23.0. The number of hydrogen-bond donors (Lipinski definition) is 0. The molecular weight excluding hydrogens is 516 g/mol. The third-order valence-electron chi connectivity index (χ3n) is 7.10. The third-order valence-corrected chi connectivity index (χ3v) is 7.10. The molecule has 4 aromatic rings. The van der Waals surface area contributed by atoms with Crippen molar-refractivity contribution in [2.24, 2.45) is 5.92 Å². The number of rotatable bonds is 14. The predicted octanol–water partition coefficient (Wildman–Crippen LogP) is 6.38. The second-order valence-corrected chi connectivity index (χ2v) is 10.1. The largest absolute Gasteiger partial charge is 0.465 e. The van der Waals surface area contributed by atoms with Gasteiger partial charge in [0.15, 0.2) is 0 Å². The molecule has 1 fully saturated rings. The van der Waals surface area contributed by atoms with E-state index < -0.39 is 30.5 Å². The van der Waals surface area contributed by atoms with E-state index >= 15 is 0 Å². The van der Waals surface area contributed by atoms with Crippen LogP contribution in [0.3, 0.4) is 0 Å². The monoisotopic (exact) mass is 552 g/mol. The topological polar surface area (TPSA) is 63.2 Å². The van der Waals surface area contributed by atoms with Gasteiger partial charge < -0.3 is 28.5 Å². The van der Waals surface area contributed by atoms with Crippen molar-refractivity contribution >= 4 is 6.29 Å². The van der Waals surface area contributed by atoms with Crippen molar-refractivity contribution in [2.75, 3.05) is 6.61 Å². The minimum Gasteiger partial charge on any atom is -0.465 e. The molecule has 5 rings (SSSR count). The molecule has 5 atom stereocenters. The summed E-state index contributed by atoms with van der Waals surface area (Å²) in [5.41, 5.74) is 3.13. The van der Waals surface area contributed by atoms with Gasteiger partial charge in [0, 0.05) is 6.42 Å². The Morgan fingerprint density at radius 2 is 1.10 bits per heavy atom. The lowest BCUT2D eigenvalue weighted by Crippen LogP contribution is -2.59. The van der Waals surface area contributed by atoms with Crippen LogP contribution in [0, 0.1) is 5.92 Å². The lowest BCUT2D eigenvalue weighted by Gasteiger charge is -2.45. The van der Waals surface area contributed by atoms with Crippen molar-refractivity contribution in [1.29, 1.82) is 0 Å². The highest BCUT2D eigenvalue weighted by atomic mass is 16.7. The van der Waals surface area contributed by atoms with Crippen LogP contribution in [0.1, 0.15) is 23.1 Å². The van der Waals surface area contributed by atoms with Gasteiger partial charge in [-0.05, 0) is 28.8 Å². The summed E-state index contributed by atoms with van der Waals surface area (Å²) in [7, 11) is 0. The molecule has 0 N–H and O–H groups in total. The molecular formula is C35H36O6. The van der Waals surface area contributed by atoms with Crippen molar-refractivity contribution < 1.29 is 28.5 Å². The molecule has 1 saturated heterocycles. The van der Waals surface area contributed by atoms with Gasteiger partial charge >= 0.3 is 0 Å². The molecule has 1 aliphatic rings. The molecule has 4 aromatic carbocycles. The Morgan fingerprint density at radius 1 is 0.610 bits per heavy atom. The van der Waals surface area contributed by atoms with Crippen LogP contribution in [0.25, 0.3) is 0 Å². The van der Waals surface area contributed by atoms with Crippen LogP contribution < -0.4 is 4.74 Å². The minimum absolute atomic E-state index is 0.194. The van der Waals surface area contributed by atoms with E-state index in [0.717, 1.165) is 23.0 Å². The average molecular weight is 553 g/mol. The van der Waals surface area contributed by atoms with Crippen LogP contribution in [0.4, 0.5) is 0 Å². The number of para-hydroxylation sites is 1. The van der Waals surface area contributed by atoms with Crippen LogP contribution in [-0.2, 0) is 43.6 Å². The second kappa shape index (κ2) is 15.3. The number of hydrogen-bond acceptors (Lipinski definition) is 6. The highest BCUT2D eigenvalue weighted by Gasteiger charge is 2.48. The van der Waals surface area contributed by atoms with E-state index in [9.17, 15) is 4.79 Å². The van der Waals surface area contributed by atoms with Gasteiger partial charge in [-0.15, -0.1) is 0 Å². The first-order chi connectivity index (χ1) is 20.3. The fraction of sp³-hybridized carbons (Fsp3) is 0.286. The summed E-state index contributed by atoms with van der Waals surface area (Å²) < 4.78 is 32.2. The molecule has 212 valence electrons. The van der Waals surface area contributed by atoms with Crippen molar-refractivity contribution in [1.82, 2.24) is 0 Å². The van der Waals surface area contributed by atoms with E-state index in [-0.39, 0.29) is 13.0 Å². The standard InChI is InChI=1S/C35H36O6/c36-22-21-31-33(38-24-28-15-7-2-8-16-28)34(39-25-29-17-9-3-10-18-29)32(26-37-23-27-13-5-1-6-14-27)41-35(31)40-30-19-11-4-12-20-30/h1-20,22,31-35H,21,23-26H2/t31-,32-,33-,34-,35-/m1/s1.